The minimum atomic E-state index is 1.27. The molecule has 0 aliphatic carbocycles. The monoisotopic (exact) mass is 148 g/mol. The number of hydrogen-bond acceptors (Lipinski definition) is 0. The summed E-state index contributed by atoms with van der Waals surface area (Å²) in [4.78, 5) is 0. The molecule has 0 aromatic heterocycles. The molecule has 11 heavy (non-hydrogen) atoms. The highest BCUT2D eigenvalue weighted by atomic mass is 13.9. The fourth-order valence-corrected chi connectivity index (χ4v) is 0.704. The van der Waals surface area contributed by atoms with E-state index in [4.69, 9.17) is 0 Å². The summed E-state index contributed by atoms with van der Waals surface area (Å²) in [6.45, 7) is 8.18. The normalized spacial score (nSPS) is 12.4. The molecule has 0 aliphatic heterocycles. The first-order chi connectivity index (χ1) is 5.22. The van der Waals surface area contributed by atoms with E-state index in [-0.39, 0.29) is 0 Å². The minimum Gasteiger partial charge on any atom is -0.125 e. The Labute approximate surface area is 69.6 Å². The first-order valence-corrected chi connectivity index (χ1v) is 3.89. The second-order valence-corrected chi connectivity index (χ2v) is 2.47. The molecule has 0 radical (unpaired) electrons. The van der Waals surface area contributed by atoms with Crippen LogP contribution in [0.1, 0.15) is 27.7 Å². The van der Waals surface area contributed by atoms with Gasteiger partial charge in [0.2, 0.25) is 0 Å². The highest BCUT2D eigenvalue weighted by Crippen LogP contribution is 2.05. The van der Waals surface area contributed by atoms with Crippen molar-refractivity contribution >= 4 is 0 Å². The molecule has 0 amide bonds. The van der Waals surface area contributed by atoms with Crippen LogP contribution in [0.5, 0.6) is 0 Å². The van der Waals surface area contributed by atoms with Crippen molar-refractivity contribution in [3.05, 3.63) is 41.2 Å². The molecule has 0 saturated carbocycles. The molecule has 0 heterocycles. The zero-order valence-electron chi connectivity index (χ0n) is 7.81. The van der Waals surface area contributed by atoms with Gasteiger partial charge in [0, 0.05) is 0 Å². The van der Waals surface area contributed by atoms with Crippen LogP contribution in [-0.2, 0) is 0 Å². The van der Waals surface area contributed by atoms with Crippen LogP contribution < -0.4 is 0 Å². The lowest BCUT2D eigenvalue weighted by Crippen LogP contribution is -1.73. The van der Waals surface area contributed by atoms with Crippen molar-refractivity contribution in [2.75, 3.05) is 0 Å². The van der Waals surface area contributed by atoms with Crippen molar-refractivity contribution in [1.29, 1.82) is 0 Å². The number of hydrogen-bond donors (Lipinski definition) is 0. The zero-order valence-corrected chi connectivity index (χ0v) is 7.81. The second kappa shape index (κ2) is 5.76. The predicted octanol–water partition coefficient (Wildman–Crippen LogP) is 3.63. The van der Waals surface area contributed by atoms with E-state index >= 15 is 0 Å². The largest absolute Gasteiger partial charge is 0.125 e. The van der Waals surface area contributed by atoms with Crippen molar-refractivity contribution in [2.45, 2.75) is 27.7 Å². The Hall–Kier alpha value is -1.00. The van der Waals surface area contributed by atoms with Crippen LogP contribution in [0.3, 0.4) is 0 Å². The van der Waals surface area contributed by atoms with Gasteiger partial charge in [0.15, 0.2) is 0 Å². The maximum absolute atomic E-state index is 3.05. The molecule has 0 heteroatoms. The summed E-state index contributed by atoms with van der Waals surface area (Å²) < 4.78 is 0. The standard InChI is InChI=1S/C11H16/c1-5-7-9-11(4)10(3)8-6-2/h5-6,8-9H,1-4H3/b8-6-,11-10-. The molecular weight excluding hydrogens is 132 g/mol. The van der Waals surface area contributed by atoms with E-state index < -0.39 is 0 Å². The molecule has 0 fully saturated rings. The molecule has 0 aromatic rings. The third-order valence-electron chi connectivity index (χ3n) is 1.51. The third kappa shape index (κ3) is 4.41. The van der Waals surface area contributed by atoms with Crippen LogP contribution in [0, 0.1) is 0 Å². The summed E-state index contributed by atoms with van der Waals surface area (Å²) in [5.41, 5.74) is 5.60. The van der Waals surface area contributed by atoms with Crippen LogP contribution in [0.4, 0.5) is 0 Å². The van der Waals surface area contributed by atoms with Gasteiger partial charge in [-0.2, -0.15) is 0 Å². The molecule has 60 valence electrons. The lowest BCUT2D eigenvalue weighted by molar-refractivity contribution is 1.37. The van der Waals surface area contributed by atoms with Gasteiger partial charge >= 0.3 is 0 Å². The van der Waals surface area contributed by atoms with Crippen molar-refractivity contribution in [3.63, 3.8) is 0 Å². The van der Waals surface area contributed by atoms with Gasteiger partial charge in [-0.05, 0) is 51.0 Å². The second-order valence-electron chi connectivity index (χ2n) is 2.47. The third-order valence-corrected chi connectivity index (χ3v) is 1.51. The van der Waals surface area contributed by atoms with E-state index in [1.54, 1.807) is 0 Å². The average Bonchev–Trinajstić information content (AvgIpc) is 2.00. The van der Waals surface area contributed by atoms with E-state index in [2.05, 4.69) is 25.7 Å². The van der Waals surface area contributed by atoms with Gasteiger partial charge in [0.1, 0.15) is 0 Å². The molecule has 0 N–H and O–H groups in total. The Morgan fingerprint density at radius 2 is 1.73 bits per heavy atom. The van der Waals surface area contributed by atoms with E-state index in [1.165, 1.54) is 11.1 Å². The van der Waals surface area contributed by atoms with Gasteiger partial charge in [-0.15, -0.1) is 5.73 Å². The highest BCUT2D eigenvalue weighted by molar-refractivity contribution is 5.29. The number of rotatable bonds is 2. The van der Waals surface area contributed by atoms with E-state index in [0.717, 1.165) is 0 Å². The fraction of sp³-hybridized carbons (Fsp3) is 0.364. The summed E-state index contributed by atoms with van der Waals surface area (Å²) in [5.74, 6) is 0. The lowest BCUT2D eigenvalue weighted by atomic mass is 10.1. The average molecular weight is 148 g/mol. The Kier molecular flexibility index (Phi) is 5.24. The predicted molar refractivity (Wildman–Crippen MR) is 51.5 cm³/mol. The fourth-order valence-electron chi connectivity index (χ4n) is 0.704. The highest BCUT2D eigenvalue weighted by Gasteiger charge is 1.85. The van der Waals surface area contributed by atoms with Crippen molar-refractivity contribution in [3.8, 4) is 0 Å². The summed E-state index contributed by atoms with van der Waals surface area (Å²) in [5, 5.41) is 0. The first kappa shape index (κ1) is 10.0. The maximum Gasteiger partial charge on any atom is -0.0171 e. The van der Waals surface area contributed by atoms with Crippen LogP contribution in [-0.4, -0.2) is 0 Å². The van der Waals surface area contributed by atoms with Crippen molar-refractivity contribution in [1.82, 2.24) is 0 Å². The molecule has 0 nitrogen and oxygen atoms in total. The smallest absolute Gasteiger partial charge is 0.0171 e. The van der Waals surface area contributed by atoms with E-state index in [1.807, 2.05) is 32.1 Å². The summed E-state index contributed by atoms with van der Waals surface area (Å²) in [6, 6.07) is 0. The molecular formula is C11H16. The molecule has 0 saturated heterocycles. The lowest BCUT2D eigenvalue weighted by Gasteiger charge is -1.93. The summed E-state index contributed by atoms with van der Waals surface area (Å²) in [6.07, 6.45) is 8.05. The molecule has 0 atom stereocenters. The Morgan fingerprint density at radius 3 is 2.18 bits per heavy atom. The topological polar surface area (TPSA) is 0 Å². The van der Waals surface area contributed by atoms with Crippen LogP contribution >= 0.6 is 0 Å². The molecule has 0 aliphatic rings. The van der Waals surface area contributed by atoms with Gasteiger partial charge in [-0.25, -0.2) is 0 Å². The molecule has 0 bridgehead atoms. The van der Waals surface area contributed by atoms with Gasteiger partial charge in [-0.3, -0.25) is 0 Å². The van der Waals surface area contributed by atoms with Gasteiger partial charge < -0.3 is 0 Å². The zero-order chi connectivity index (χ0) is 8.69. The maximum atomic E-state index is 3.05. The van der Waals surface area contributed by atoms with Crippen LogP contribution in [0.2, 0.25) is 0 Å². The molecule has 0 unspecified atom stereocenters. The van der Waals surface area contributed by atoms with E-state index in [0.29, 0.717) is 0 Å². The summed E-state index contributed by atoms with van der Waals surface area (Å²) >= 11 is 0. The number of allylic oxidation sites excluding steroid dienone is 5. The first-order valence-electron chi connectivity index (χ1n) is 3.89. The van der Waals surface area contributed by atoms with Gasteiger partial charge in [0.05, 0.1) is 0 Å². The van der Waals surface area contributed by atoms with Crippen molar-refractivity contribution < 1.29 is 0 Å². The Bertz CT molecular complexity index is 220. The Balaban J connectivity index is 4.53. The summed E-state index contributed by atoms with van der Waals surface area (Å²) in [7, 11) is 0. The van der Waals surface area contributed by atoms with Crippen molar-refractivity contribution in [2.24, 2.45) is 0 Å². The molecule has 0 aromatic carbocycles. The SMILES string of the molecule is CC=C=C/C(C)=C(C)\C=C/C. The van der Waals surface area contributed by atoms with E-state index in [9.17, 15) is 0 Å². The molecule has 0 rings (SSSR count). The van der Waals surface area contributed by atoms with Crippen LogP contribution in [0.25, 0.3) is 0 Å². The Morgan fingerprint density at radius 1 is 1.09 bits per heavy atom. The van der Waals surface area contributed by atoms with Gasteiger partial charge in [0.25, 0.3) is 0 Å². The quantitative estimate of drug-likeness (QED) is 0.414. The minimum absolute atomic E-state index is 1.27. The molecule has 0 spiro atoms. The van der Waals surface area contributed by atoms with Gasteiger partial charge in [-0.1, -0.05) is 12.2 Å². The van der Waals surface area contributed by atoms with Crippen LogP contribution in [0.15, 0.2) is 41.2 Å².